The third kappa shape index (κ3) is 5.16. The van der Waals surface area contributed by atoms with Crippen molar-refractivity contribution >= 4 is 45.3 Å². The molecule has 6 nitrogen and oxygen atoms in total. The molecule has 2 heterocycles. The molecule has 0 atom stereocenters. The molecule has 4 rings (SSSR count). The summed E-state index contributed by atoms with van der Waals surface area (Å²) in [5.41, 5.74) is 1.60. The maximum Gasteiger partial charge on any atom is 0.387 e. The Morgan fingerprint density at radius 2 is 1.78 bits per heavy atom. The fourth-order valence-corrected chi connectivity index (χ4v) is 4.16. The van der Waals surface area contributed by atoms with Gasteiger partial charge < -0.3 is 10.1 Å². The number of para-hydroxylation sites is 1. The van der Waals surface area contributed by atoms with Crippen LogP contribution in [0.2, 0.25) is 0 Å². The van der Waals surface area contributed by atoms with E-state index in [1.807, 2.05) is 0 Å². The van der Waals surface area contributed by atoms with Crippen molar-refractivity contribution in [3.8, 4) is 17.0 Å². The zero-order chi connectivity index (χ0) is 22.5. The fourth-order valence-electron chi connectivity index (χ4n) is 2.84. The number of ether oxygens (including phenoxy) is 1. The molecule has 2 amide bonds. The highest BCUT2D eigenvalue weighted by Crippen LogP contribution is 2.33. The van der Waals surface area contributed by atoms with E-state index in [1.165, 1.54) is 17.4 Å². The largest absolute Gasteiger partial charge is 0.434 e. The lowest BCUT2D eigenvalue weighted by atomic mass is 10.1. The van der Waals surface area contributed by atoms with Crippen LogP contribution >= 0.6 is 22.7 Å². The van der Waals surface area contributed by atoms with E-state index in [4.69, 9.17) is 0 Å². The summed E-state index contributed by atoms with van der Waals surface area (Å²) in [6.45, 7) is -2.96. The van der Waals surface area contributed by atoms with Crippen LogP contribution in [0.1, 0.15) is 20.0 Å². The minimum Gasteiger partial charge on any atom is -0.434 e. The predicted molar refractivity (Wildman–Crippen MR) is 121 cm³/mol. The van der Waals surface area contributed by atoms with Gasteiger partial charge in [0.25, 0.3) is 11.8 Å². The van der Waals surface area contributed by atoms with E-state index in [-0.39, 0.29) is 11.7 Å². The minimum atomic E-state index is -2.96. The lowest BCUT2D eigenvalue weighted by Crippen LogP contribution is -2.14. The van der Waals surface area contributed by atoms with Crippen molar-refractivity contribution in [1.82, 2.24) is 4.98 Å². The first-order valence-electron chi connectivity index (χ1n) is 9.25. The molecule has 2 N–H and O–H groups in total. The van der Waals surface area contributed by atoms with Gasteiger partial charge in [0.1, 0.15) is 5.75 Å². The van der Waals surface area contributed by atoms with Gasteiger partial charge in [-0.1, -0.05) is 24.3 Å². The summed E-state index contributed by atoms with van der Waals surface area (Å²) in [5, 5.41) is 9.18. The Morgan fingerprint density at radius 3 is 2.56 bits per heavy atom. The molecule has 0 aliphatic rings. The van der Waals surface area contributed by atoms with Crippen LogP contribution < -0.4 is 15.4 Å². The smallest absolute Gasteiger partial charge is 0.387 e. The molecule has 10 heteroatoms. The first kappa shape index (κ1) is 21.6. The Hall–Kier alpha value is -3.63. The number of hydrogen-bond donors (Lipinski definition) is 2. The molecule has 0 bridgehead atoms. The lowest BCUT2D eigenvalue weighted by Gasteiger charge is -2.08. The second-order valence-electron chi connectivity index (χ2n) is 6.38. The number of hydrogen-bond acceptors (Lipinski definition) is 6. The van der Waals surface area contributed by atoms with Gasteiger partial charge in [-0.2, -0.15) is 8.78 Å². The number of carbonyl (C=O) groups is 2. The molecule has 32 heavy (non-hydrogen) atoms. The van der Waals surface area contributed by atoms with Crippen molar-refractivity contribution < 1.29 is 23.1 Å². The number of amides is 2. The molecular weight excluding hydrogens is 456 g/mol. The molecule has 0 saturated heterocycles. The van der Waals surface area contributed by atoms with Crippen LogP contribution in [0, 0.1) is 0 Å². The van der Waals surface area contributed by atoms with Crippen LogP contribution in [0.25, 0.3) is 11.3 Å². The summed E-state index contributed by atoms with van der Waals surface area (Å²) >= 11 is 2.47. The highest BCUT2D eigenvalue weighted by molar-refractivity contribution is 7.14. The third-order valence-corrected chi connectivity index (χ3v) is 5.86. The molecule has 0 fully saturated rings. The molecule has 4 aromatic rings. The normalized spacial score (nSPS) is 10.7. The molecule has 0 aliphatic carbocycles. The molecule has 0 aliphatic heterocycles. The average Bonchev–Trinajstić information content (AvgIpc) is 3.46. The fraction of sp³-hybridized carbons (Fsp3) is 0.0455. The second kappa shape index (κ2) is 9.67. The zero-order valence-corrected chi connectivity index (χ0v) is 17.9. The van der Waals surface area contributed by atoms with E-state index in [0.29, 0.717) is 32.5 Å². The zero-order valence-electron chi connectivity index (χ0n) is 16.2. The van der Waals surface area contributed by atoms with Crippen LogP contribution in [0.3, 0.4) is 0 Å². The van der Waals surface area contributed by atoms with Crippen LogP contribution in [0.4, 0.5) is 19.6 Å². The summed E-state index contributed by atoms with van der Waals surface area (Å²) in [7, 11) is 0. The Bertz CT molecular complexity index is 1240. The van der Waals surface area contributed by atoms with Gasteiger partial charge in [0, 0.05) is 22.2 Å². The van der Waals surface area contributed by atoms with Gasteiger partial charge in [0.05, 0.1) is 10.6 Å². The molecule has 0 radical (unpaired) electrons. The number of nitrogens with one attached hydrogen (secondary N) is 2. The number of anilines is 2. The lowest BCUT2D eigenvalue weighted by molar-refractivity contribution is -0.0494. The van der Waals surface area contributed by atoms with Gasteiger partial charge in [-0.05, 0) is 41.8 Å². The molecule has 2 aromatic carbocycles. The first-order chi connectivity index (χ1) is 15.5. The maximum atomic E-state index is 12.7. The summed E-state index contributed by atoms with van der Waals surface area (Å²) in [6, 6.07) is 16.3. The van der Waals surface area contributed by atoms with Crippen molar-refractivity contribution in [2.45, 2.75) is 6.61 Å². The topological polar surface area (TPSA) is 80.3 Å². The van der Waals surface area contributed by atoms with Gasteiger partial charge in [0.15, 0.2) is 5.13 Å². The number of alkyl halides is 2. The van der Waals surface area contributed by atoms with Gasteiger partial charge in [-0.25, -0.2) is 4.98 Å². The van der Waals surface area contributed by atoms with Gasteiger partial charge in [-0.3, -0.25) is 14.9 Å². The van der Waals surface area contributed by atoms with Crippen molar-refractivity contribution in [3.63, 3.8) is 0 Å². The number of halogens is 2. The number of carbonyl (C=O) groups excluding carboxylic acids is 2. The van der Waals surface area contributed by atoms with Crippen molar-refractivity contribution in [3.05, 3.63) is 81.9 Å². The predicted octanol–water partition coefficient (Wildman–Crippen LogP) is 5.98. The van der Waals surface area contributed by atoms with E-state index in [1.54, 1.807) is 65.4 Å². The van der Waals surface area contributed by atoms with Crippen LogP contribution in [0.5, 0.6) is 5.75 Å². The molecule has 0 unspecified atom stereocenters. The number of thiazole rings is 1. The second-order valence-corrected chi connectivity index (χ2v) is 8.18. The van der Waals surface area contributed by atoms with Crippen molar-refractivity contribution in [1.29, 1.82) is 0 Å². The SMILES string of the molecule is O=C(Nc1nc(-c2ccccc2OC(F)F)cs1)c1cccc(NC(=O)c2cccs2)c1. The Kier molecular flexibility index (Phi) is 6.52. The standard InChI is InChI=1S/C22H15F2N3O3S2/c23-21(24)30-17-8-2-1-7-15(17)16-12-32-22(26-16)27-19(28)13-5-3-6-14(11-13)25-20(29)18-9-4-10-31-18/h1-12,21H,(H,25,29)(H,26,27,28). The monoisotopic (exact) mass is 471 g/mol. The quantitative estimate of drug-likeness (QED) is 0.348. The Labute approximate surface area is 189 Å². The van der Waals surface area contributed by atoms with E-state index >= 15 is 0 Å². The van der Waals surface area contributed by atoms with Gasteiger partial charge >= 0.3 is 6.61 Å². The number of nitrogens with zero attached hydrogens (tertiary/aromatic N) is 1. The summed E-state index contributed by atoms with van der Waals surface area (Å²) in [4.78, 5) is 29.7. The third-order valence-electron chi connectivity index (χ3n) is 4.23. The van der Waals surface area contributed by atoms with E-state index in [9.17, 15) is 18.4 Å². The molecule has 2 aromatic heterocycles. The van der Waals surface area contributed by atoms with Crippen molar-refractivity contribution in [2.24, 2.45) is 0 Å². The van der Waals surface area contributed by atoms with Gasteiger partial charge in [-0.15, -0.1) is 22.7 Å². The molecule has 0 saturated carbocycles. The highest BCUT2D eigenvalue weighted by atomic mass is 32.1. The minimum absolute atomic E-state index is 0.000130. The van der Waals surface area contributed by atoms with Crippen LogP contribution in [-0.2, 0) is 0 Å². The van der Waals surface area contributed by atoms with Crippen LogP contribution in [0.15, 0.2) is 71.4 Å². The average molecular weight is 472 g/mol. The number of rotatable bonds is 7. The van der Waals surface area contributed by atoms with Crippen LogP contribution in [-0.4, -0.2) is 23.4 Å². The Morgan fingerprint density at radius 1 is 0.938 bits per heavy atom. The summed E-state index contributed by atoms with van der Waals surface area (Å²) < 4.78 is 29.8. The number of thiophene rings is 1. The molecule has 162 valence electrons. The highest BCUT2D eigenvalue weighted by Gasteiger charge is 2.15. The molecule has 0 spiro atoms. The summed E-state index contributed by atoms with van der Waals surface area (Å²) in [6.07, 6.45) is 0. The van der Waals surface area contributed by atoms with E-state index < -0.39 is 12.5 Å². The molecular formula is C22H15F2N3O3S2. The maximum absolute atomic E-state index is 12.7. The first-order valence-corrected chi connectivity index (χ1v) is 11.0. The number of aromatic nitrogens is 1. The van der Waals surface area contributed by atoms with E-state index in [0.717, 1.165) is 11.3 Å². The van der Waals surface area contributed by atoms with Crippen molar-refractivity contribution in [2.75, 3.05) is 10.6 Å². The van der Waals surface area contributed by atoms with Gasteiger partial charge in [0.2, 0.25) is 0 Å². The van der Waals surface area contributed by atoms with E-state index in [2.05, 4.69) is 20.4 Å². The summed E-state index contributed by atoms with van der Waals surface area (Å²) in [5.74, 6) is -0.679. The number of benzene rings is 2. The Balaban J connectivity index is 1.47.